The normalized spacial score (nSPS) is 38.7. The zero-order chi connectivity index (χ0) is 21.3. The van der Waals surface area contributed by atoms with Crippen LogP contribution in [0.15, 0.2) is 0 Å². The summed E-state index contributed by atoms with van der Waals surface area (Å²) in [6.45, 7) is 11.3. The maximum Gasteiger partial charge on any atom is 0.410 e. The van der Waals surface area contributed by atoms with Crippen LogP contribution in [0.4, 0.5) is 4.79 Å². The molecule has 0 aliphatic carbocycles. The van der Waals surface area contributed by atoms with E-state index >= 15 is 0 Å². The highest BCUT2D eigenvalue weighted by Gasteiger charge is 2.41. The van der Waals surface area contributed by atoms with Crippen molar-refractivity contribution in [3.8, 4) is 0 Å². The molecule has 4 rings (SSSR count). The third-order valence-electron chi connectivity index (χ3n) is 7.00. The van der Waals surface area contributed by atoms with E-state index in [0.29, 0.717) is 29.8 Å². The molecule has 0 spiro atoms. The standard InChI is InChI=1S/C22H40N4O4/c1-14-11-17(12-18(23-14)16-7-10-28-13-16)20-24-19(25-30-20)15-5-8-26(9-6-15)21(27)29-22(2,3)4/h14-20,23-25H,5-13H2,1-4H3. The fraction of sp³-hybridized carbons (Fsp3) is 0.955. The molecule has 0 aromatic heterocycles. The summed E-state index contributed by atoms with van der Waals surface area (Å²) in [4.78, 5) is 20.2. The van der Waals surface area contributed by atoms with Crippen LogP contribution in [0.2, 0.25) is 0 Å². The lowest BCUT2D eigenvalue weighted by atomic mass is 9.81. The highest BCUT2D eigenvalue weighted by Crippen LogP contribution is 2.32. The summed E-state index contributed by atoms with van der Waals surface area (Å²) in [5, 5.41) is 7.50. The summed E-state index contributed by atoms with van der Waals surface area (Å²) >= 11 is 0. The Morgan fingerprint density at radius 3 is 2.47 bits per heavy atom. The fourth-order valence-corrected chi connectivity index (χ4v) is 5.42. The van der Waals surface area contributed by atoms with Gasteiger partial charge in [-0.1, -0.05) is 0 Å². The maximum absolute atomic E-state index is 12.3. The van der Waals surface area contributed by atoms with Crippen LogP contribution in [0.3, 0.4) is 0 Å². The van der Waals surface area contributed by atoms with Crippen LogP contribution < -0.4 is 16.1 Å². The van der Waals surface area contributed by atoms with Crippen molar-refractivity contribution in [2.45, 2.75) is 89.9 Å². The van der Waals surface area contributed by atoms with Gasteiger partial charge in [-0.25, -0.2) is 4.79 Å². The summed E-state index contributed by atoms with van der Waals surface area (Å²) < 4.78 is 11.1. The van der Waals surface area contributed by atoms with Gasteiger partial charge in [-0.3, -0.25) is 10.2 Å². The molecule has 1 amide bonds. The third-order valence-corrected chi connectivity index (χ3v) is 7.00. The van der Waals surface area contributed by atoms with Gasteiger partial charge in [0.25, 0.3) is 0 Å². The molecule has 6 atom stereocenters. The molecule has 0 radical (unpaired) electrons. The minimum atomic E-state index is -0.446. The van der Waals surface area contributed by atoms with E-state index in [2.05, 4.69) is 23.0 Å². The Morgan fingerprint density at radius 1 is 1.03 bits per heavy atom. The number of likely N-dealkylation sites (tertiary alicyclic amines) is 1. The van der Waals surface area contributed by atoms with Gasteiger partial charge in [0.05, 0.1) is 12.8 Å². The van der Waals surface area contributed by atoms with Crippen molar-refractivity contribution >= 4 is 6.09 Å². The first-order valence-electron chi connectivity index (χ1n) is 11.8. The molecule has 0 saturated carbocycles. The van der Waals surface area contributed by atoms with Crippen molar-refractivity contribution < 1.29 is 19.1 Å². The lowest BCUT2D eigenvalue weighted by Gasteiger charge is -2.39. The van der Waals surface area contributed by atoms with E-state index in [1.54, 1.807) is 0 Å². The van der Waals surface area contributed by atoms with Crippen molar-refractivity contribution in [1.82, 2.24) is 21.0 Å². The molecule has 6 unspecified atom stereocenters. The second-order valence-corrected chi connectivity index (χ2v) is 10.6. The molecule has 172 valence electrons. The van der Waals surface area contributed by atoms with E-state index < -0.39 is 5.60 Å². The predicted octanol–water partition coefficient (Wildman–Crippen LogP) is 2.20. The van der Waals surface area contributed by atoms with Crippen LogP contribution in [0.1, 0.15) is 59.8 Å². The first-order chi connectivity index (χ1) is 14.3. The number of carbonyl (C=O) groups is 1. The molecular weight excluding hydrogens is 384 g/mol. The van der Waals surface area contributed by atoms with Crippen molar-refractivity contribution in [3.05, 3.63) is 0 Å². The molecule has 30 heavy (non-hydrogen) atoms. The summed E-state index contributed by atoms with van der Waals surface area (Å²) in [5.41, 5.74) is 2.82. The molecule has 4 aliphatic heterocycles. The molecule has 0 bridgehead atoms. The van der Waals surface area contributed by atoms with Crippen LogP contribution in [0.25, 0.3) is 0 Å². The molecule has 8 nitrogen and oxygen atoms in total. The molecule has 0 aromatic carbocycles. The number of hydrogen-bond acceptors (Lipinski definition) is 7. The molecule has 0 aromatic rings. The van der Waals surface area contributed by atoms with E-state index in [9.17, 15) is 4.79 Å². The van der Waals surface area contributed by atoms with E-state index in [1.807, 2.05) is 25.7 Å². The van der Waals surface area contributed by atoms with Crippen molar-refractivity contribution in [2.24, 2.45) is 17.8 Å². The Hall–Kier alpha value is -0.930. The Balaban J connectivity index is 1.25. The Labute approximate surface area is 180 Å². The van der Waals surface area contributed by atoms with Crippen molar-refractivity contribution in [2.75, 3.05) is 26.3 Å². The number of carbonyl (C=O) groups excluding carboxylic acids is 1. The van der Waals surface area contributed by atoms with Gasteiger partial charge >= 0.3 is 6.09 Å². The smallest absolute Gasteiger partial charge is 0.410 e. The molecule has 4 fully saturated rings. The van der Waals surface area contributed by atoms with Gasteiger partial charge in [-0.2, -0.15) is 5.48 Å². The van der Waals surface area contributed by atoms with Crippen LogP contribution in [0.5, 0.6) is 0 Å². The molecular formula is C22H40N4O4. The minimum absolute atomic E-state index is 0.0493. The van der Waals surface area contributed by atoms with E-state index in [-0.39, 0.29) is 18.5 Å². The number of rotatable bonds is 3. The fourth-order valence-electron chi connectivity index (χ4n) is 5.42. The lowest BCUT2D eigenvalue weighted by molar-refractivity contribution is -0.0327. The van der Waals surface area contributed by atoms with Gasteiger partial charge in [0.2, 0.25) is 0 Å². The number of piperidine rings is 2. The molecule has 4 aliphatic rings. The molecule has 3 N–H and O–H groups in total. The van der Waals surface area contributed by atoms with Gasteiger partial charge in [-0.15, -0.1) is 0 Å². The zero-order valence-corrected chi connectivity index (χ0v) is 19.0. The maximum atomic E-state index is 12.3. The summed E-state index contributed by atoms with van der Waals surface area (Å²) in [6.07, 6.45) is 5.30. The number of nitrogens with one attached hydrogen (secondary N) is 3. The third kappa shape index (κ3) is 5.46. The van der Waals surface area contributed by atoms with Gasteiger partial charge in [-0.05, 0) is 71.6 Å². The van der Waals surface area contributed by atoms with E-state index in [0.717, 1.165) is 58.4 Å². The van der Waals surface area contributed by atoms with Crippen LogP contribution >= 0.6 is 0 Å². The van der Waals surface area contributed by atoms with Crippen LogP contribution in [-0.4, -0.2) is 67.4 Å². The number of nitrogens with zero attached hydrogens (tertiary/aromatic N) is 1. The van der Waals surface area contributed by atoms with Gasteiger partial charge in [0.1, 0.15) is 11.8 Å². The summed E-state index contributed by atoms with van der Waals surface area (Å²) in [7, 11) is 0. The Morgan fingerprint density at radius 2 is 1.80 bits per heavy atom. The van der Waals surface area contributed by atoms with Crippen LogP contribution in [0, 0.1) is 17.8 Å². The van der Waals surface area contributed by atoms with E-state index in [1.165, 1.54) is 0 Å². The SMILES string of the molecule is CC1CC(C2NC(C3CCN(C(=O)OC(C)(C)C)CC3)NO2)CC(C2CCOC2)N1. The topological polar surface area (TPSA) is 84.1 Å². The molecule has 4 heterocycles. The monoisotopic (exact) mass is 424 g/mol. The van der Waals surface area contributed by atoms with Gasteiger partial charge in [0.15, 0.2) is 0 Å². The average Bonchev–Trinajstić information content (AvgIpc) is 3.39. The minimum Gasteiger partial charge on any atom is -0.444 e. The number of amides is 1. The largest absolute Gasteiger partial charge is 0.444 e. The summed E-state index contributed by atoms with van der Waals surface area (Å²) in [5.74, 6) is 1.57. The molecule has 8 heteroatoms. The number of hydroxylamine groups is 1. The predicted molar refractivity (Wildman–Crippen MR) is 113 cm³/mol. The second-order valence-electron chi connectivity index (χ2n) is 10.6. The van der Waals surface area contributed by atoms with Crippen LogP contribution in [-0.2, 0) is 14.3 Å². The quantitative estimate of drug-likeness (QED) is 0.641. The van der Waals surface area contributed by atoms with Gasteiger partial charge < -0.3 is 19.7 Å². The number of hydrogen-bond donors (Lipinski definition) is 3. The lowest BCUT2D eigenvalue weighted by Crippen LogP contribution is -2.53. The van der Waals surface area contributed by atoms with Crippen molar-refractivity contribution in [1.29, 1.82) is 0 Å². The first kappa shape index (κ1) is 22.3. The summed E-state index contributed by atoms with van der Waals surface area (Å²) in [6, 6.07) is 1.01. The number of ether oxygens (including phenoxy) is 2. The Kier molecular flexibility index (Phi) is 6.89. The first-order valence-corrected chi connectivity index (χ1v) is 11.8. The highest BCUT2D eigenvalue weighted by atomic mass is 16.7. The highest BCUT2D eigenvalue weighted by molar-refractivity contribution is 5.68. The van der Waals surface area contributed by atoms with Crippen molar-refractivity contribution in [3.63, 3.8) is 0 Å². The zero-order valence-electron chi connectivity index (χ0n) is 19.0. The van der Waals surface area contributed by atoms with E-state index in [4.69, 9.17) is 14.3 Å². The molecule has 4 saturated heterocycles. The second kappa shape index (κ2) is 9.28. The van der Waals surface area contributed by atoms with Gasteiger partial charge in [0, 0.05) is 37.7 Å². The average molecular weight is 425 g/mol. The Bertz CT molecular complexity index is 584.